The Kier molecular flexibility index (Phi) is 6.39. The van der Waals surface area contributed by atoms with Crippen LogP contribution in [0.2, 0.25) is 0 Å². The third kappa shape index (κ3) is 5.20. The maximum atomic E-state index is 11.7. The largest absolute Gasteiger partial charge is 0.490 e. The molecule has 1 aromatic rings. The van der Waals surface area contributed by atoms with E-state index in [1.165, 1.54) is 32.1 Å². The monoisotopic (exact) mass is 315 g/mol. The van der Waals surface area contributed by atoms with Crippen LogP contribution in [0, 0.1) is 16.0 Å². The molecule has 0 unspecified atom stereocenters. The number of anilines is 1. The molecule has 1 amide bonds. The zero-order valence-electron chi connectivity index (χ0n) is 11.6. The van der Waals surface area contributed by atoms with Crippen molar-refractivity contribution in [1.82, 2.24) is 5.32 Å². The predicted molar refractivity (Wildman–Crippen MR) is 81.1 cm³/mol. The summed E-state index contributed by atoms with van der Waals surface area (Å²) in [5.74, 6) is 0.648. The van der Waals surface area contributed by atoms with Crippen molar-refractivity contribution in [2.45, 2.75) is 12.8 Å². The van der Waals surface area contributed by atoms with Crippen LogP contribution in [0.15, 0.2) is 18.2 Å². The van der Waals surface area contributed by atoms with Gasteiger partial charge in [0.2, 0.25) is 5.91 Å². The normalized spacial score (nSPS) is 13.2. The number of halogens is 1. The molecule has 0 heterocycles. The summed E-state index contributed by atoms with van der Waals surface area (Å²) in [6, 6.07) is 4.33. The van der Waals surface area contributed by atoms with Gasteiger partial charge < -0.3 is 15.4 Å². The van der Waals surface area contributed by atoms with E-state index in [2.05, 4.69) is 10.6 Å². The number of amides is 1. The number of methoxy groups -OCH3 is 1. The highest BCUT2D eigenvalue weighted by Gasteiger charge is 2.21. The Bertz CT molecular complexity index is 520. The maximum Gasteiger partial charge on any atom is 0.312 e. The van der Waals surface area contributed by atoms with Crippen molar-refractivity contribution < 1.29 is 14.5 Å². The number of nitro groups is 1. The lowest BCUT2D eigenvalue weighted by atomic mass is 10.2. The molecule has 1 fully saturated rings. The fourth-order valence-corrected chi connectivity index (χ4v) is 1.83. The molecule has 2 rings (SSSR count). The van der Waals surface area contributed by atoms with Crippen molar-refractivity contribution in [2.75, 3.05) is 25.5 Å². The van der Waals surface area contributed by atoms with Gasteiger partial charge in [0.25, 0.3) is 0 Å². The Hall–Kier alpha value is -1.86. The third-order valence-corrected chi connectivity index (χ3v) is 3.07. The fraction of sp³-hybridized carbons (Fsp3) is 0.462. The lowest BCUT2D eigenvalue weighted by Crippen LogP contribution is -2.29. The Morgan fingerprint density at radius 2 is 2.19 bits per heavy atom. The average molecular weight is 316 g/mol. The van der Waals surface area contributed by atoms with E-state index in [9.17, 15) is 14.9 Å². The van der Waals surface area contributed by atoms with Gasteiger partial charge in [-0.3, -0.25) is 14.9 Å². The zero-order valence-corrected chi connectivity index (χ0v) is 12.4. The first kappa shape index (κ1) is 17.2. The smallest absolute Gasteiger partial charge is 0.312 e. The lowest BCUT2D eigenvalue weighted by molar-refractivity contribution is -0.385. The second-order valence-electron chi connectivity index (χ2n) is 4.77. The standard InChI is InChI=1S/C13H17N3O4.ClH/c1-20-12-5-4-10(6-11(12)16(18)19)15-13(17)8-14-7-9-2-3-9;/h4-6,9,14H,2-3,7-8H2,1H3,(H,15,17);1H. The first-order chi connectivity index (χ1) is 9.60. The first-order valence-corrected chi connectivity index (χ1v) is 6.43. The molecule has 0 saturated heterocycles. The number of carbonyl (C=O) groups excluding carboxylic acids is 1. The van der Waals surface area contributed by atoms with E-state index in [1.807, 2.05) is 0 Å². The van der Waals surface area contributed by atoms with Gasteiger partial charge in [0.05, 0.1) is 18.6 Å². The Labute approximate surface area is 128 Å². The molecule has 21 heavy (non-hydrogen) atoms. The van der Waals surface area contributed by atoms with E-state index in [0.717, 1.165) is 6.54 Å². The van der Waals surface area contributed by atoms with Gasteiger partial charge in [-0.2, -0.15) is 0 Å². The average Bonchev–Trinajstić information content (AvgIpc) is 3.22. The first-order valence-electron chi connectivity index (χ1n) is 6.43. The highest BCUT2D eigenvalue weighted by atomic mass is 35.5. The van der Waals surface area contributed by atoms with Gasteiger partial charge in [-0.25, -0.2) is 0 Å². The molecule has 2 N–H and O–H groups in total. The zero-order chi connectivity index (χ0) is 14.5. The Balaban J connectivity index is 0.00000220. The molecule has 1 saturated carbocycles. The maximum absolute atomic E-state index is 11.7. The van der Waals surface area contributed by atoms with E-state index in [-0.39, 0.29) is 36.3 Å². The number of nitrogens with one attached hydrogen (secondary N) is 2. The minimum absolute atomic E-state index is 0. The van der Waals surface area contributed by atoms with Gasteiger partial charge >= 0.3 is 5.69 Å². The quantitative estimate of drug-likeness (QED) is 0.592. The van der Waals surface area contributed by atoms with Crippen molar-refractivity contribution in [3.63, 3.8) is 0 Å². The Morgan fingerprint density at radius 1 is 1.48 bits per heavy atom. The highest BCUT2D eigenvalue weighted by molar-refractivity contribution is 5.92. The number of hydrogen-bond donors (Lipinski definition) is 2. The molecule has 116 valence electrons. The summed E-state index contributed by atoms with van der Waals surface area (Å²) in [6.07, 6.45) is 2.44. The van der Waals surface area contributed by atoms with E-state index in [4.69, 9.17) is 4.74 Å². The number of rotatable bonds is 7. The summed E-state index contributed by atoms with van der Waals surface area (Å²) < 4.78 is 4.90. The highest BCUT2D eigenvalue weighted by Crippen LogP contribution is 2.29. The summed E-state index contributed by atoms with van der Waals surface area (Å²) in [5, 5.41) is 16.6. The van der Waals surface area contributed by atoms with Crippen molar-refractivity contribution in [3.05, 3.63) is 28.3 Å². The lowest BCUT2D eigenvalue weighted by Gasteiger charge is -2.07. The van der Waals surface area contributed by atoms with Crippen LogP contribution in [-0.4, -0.2) is 31.0 Å². The van der Waals surface area contributed by atoms with Gasteiger partial charge in [-0.05, 0) is 37.4 Å². The second kappa shape index (κ2) is 7.80. The van der Waals surface area contributed by atoms with Crippen LogP contribution in [0.4, 0.5) is 11.4 Å². The molecule has 1 aliphatic rings. The number of hydrogen-bond acceptors (Lipinski definition) is 5. The van der Waals surface area contributed by atoms with Crippen LogP contribution >= 0.6 is 12.4 Å². The van der Waals surface area contributed by atoms with Crippen molar-refractivity contribution in [3.8, 4) is 5.75 Å². The van der Waals surface area contributed by atoms with Crippen LogP contribution in [0.3, 0.4) is 0 Å². The molecular formula is C13H18ClN3O4. The molecule has 8 heteroatoms. The summed E-state index contributed by atoms with van der Waals surface area (Å²) in [5.41, 5.74) is 0.215. The minimum Gasteiger partial charge on any atom is -0.490 e. The number of nitro benzene ring substituents is 1. The molecule has 0 atom stereocenters. The number of ether oxygens (including phenoxy) is 1. The second-order valence-corrected chi connectivity index (χ2v) is 4.77. The molecule has 0 spiro atoms. The topological polar surface area (TPSA) is 93.5 Å². The van der Waals surface area contributed by atoms with E-state index in [0.29, 0.717) is 11.6 Å². The summed E-state index contributed by atoms with van der Waals surface area (Å²) in [7, 11) is 1.36. The SMILES string of the molecule is COc1ccc(NC(=O)CNCC2CC2)cc1[N+](=O)[O-].Cl. The number of carbonyl (C=O) groups is 1. The number of nitrogens with zero attached hydrogens (tertiary/aromatic N) is 1. The summed E-state index contributed by atoms with van der Waals surface area (Å²) in [6.45, 7) is 1.05. The summed E-state index contributed by atoms with van der Waals surface area (Å²) in [4.78, 5) is 22.0. The van der Waals surface area contributed by atoms with E-state index in [1.54, 1.807) is 6.07 Å². The van der Waals surface area contributed by atoms with Gasteiger partial charge in [0, 0.05) is 11.8 Å². The van der Waals surface area contributed by atoms with Crippen molar-refractivity contribution >= 4 is 29.7 Å². The van der Waals surface area contributed by atoms with Crippen LogP contribution in [-0.2, 0) is 4.79 Å². The molecular weight excluding hydrogens is 298 g/mol. The van der Waals surface area contributed by atoms with Gasteiger partial charge in [-0.1, -0.05) is 0 Å². The van der Waals surface area contributed by atoms with Crippen LogP contribution in [0.1, 0.15) is 12.8 Å². The minimum atomic E-state index is -0.542. The molecule has 0 radical (unpaired) electrons. The van der Waals surface area contributed by atoms with E-state index >= 15 is 0 Å². The molecule has 1 aliphatic carbocycles. The van der Waals surface area contributed by atoms with Crippen LogP contribution in [0.25, 0.3) is 0 Å². The molecule has 0 aromatic heterocycles. The molecule has 7 nitrogen and oxygen atoms in total. The van der Waals surface area contributed by atoms with Gasteiger partial charge in [-0.15, -0.1) is 12.4 Å². The molecule has 0 aliphatic heterocycles. The van der Waals surface area contributed by atoms with Crippen molar-refractivity contribution in [1.29, 1.82) is 0 Å². The van der Waals surface area contributed by atoms with Crippen LogP contribution < -0.4 is 15.4 Å². The molecule has 1 aromatic carbocycles. The van der Waals surface area contributed by atoms with Crippen LogP contribution in [0.5, 0.6) is 5.75 Å². The van der Waals surface area contributed by atoms with E-state index < -0.39 is 4.92 Å². The van der Waals surface area contributed by atoms with Gasteiger partial charge in [0.1, 0.15) is 0 Å². The molecule has 0 bridgehead atoms. The fourth-order valence-electron chi connectivity index (χ4n) is 1.83. The summed E-state index contributed by atoms with van der Waals surface area (Å²) >= 11 is 0. The van der Waals surface area contributed by atoms with Crippen molar-refractivity contribution in [2.24, 2.45) is 5.92 Å². The third-order valence-electron chi connectivity index (χ3n) is 3.07. The predicted octanol–water partition coefficient (Wildman–Crippen LogP) is 1.96. The number of benzene rings is 1. The van der Waals surface area contributed by atoms with Gasteiger partial charge in [0.15, 0.2) is 5.75 Å². The Morgan fingerprint density at radius 3 is 2.76 bits per heavy atom.